The zero-order valence-electron chi connectivity index (χ0n) is 12.4. The molecular weight excluding hydrogens is 300 g/mol. The van der Waals surface area contributed by atoms with Crippen molar-refractivity contribution in [2.45, 2.75) is 5.16 Å². The first-order valence-corrected chi connectivity index (χ1v) is 8.12. The van der Waals surface area contributed by atoms with Gasteiger partial charge in [0.05, 0.1) is 5.75 Å². The molecule has 0 radical (unpaired) electrons. The van der Waals surface area contributed by atoms with Crippen molar-refractivity contribution in [3.05, 3.63) is 30.9 Å². The summed E-state index contributed by atoms with van der Waals surface area (Å²) in [5, 5.41) is 0.865. The zero-order chi connectivity index (χ0) is 15.4. The number of rotatable bonds is 4. The van der Waals surface area contributed by atoms with Crippen molar-refractivity contribution >= 4 is 23.6 Å². The van der Waals surface area contributed by atoms with E-state index in [2.05, 4.69) is 19.9 Å². The average molecular weight is 318 g/mol. The maximum atomic E-state index is 12.3. The molecule has 0 aromatic carbocycles. The monoisotopic (exact) mass is 318 g/mol. The Morgan fingerprint density at radius 1 is 1.14 bits per heavy atom. The molecule has 0 atom stereocenters. The van der Waals surface area contributed by atoms with Crippen LogP contribution in [0, 0.1) is 0 Å². The molecule has 0 saturated carbocycles. The molecule has 0 aliphatic carbocycles. The smallest absolute Gasteiger partial charge is 0.233 e. The number of aromatic nitrogens is 4. The summed E-state index contributed by atoms with van der Waals surface area (Å²) in [5.41, 5.74) is 0. The van der Waals surface area contributed by atoms with Gasteiger partial charge in [-0.15, -0.1) is 0 Å². The third-order valence-electron chi connectivity index (χ3n) is 3.57. The molecule has 1 amide bonds. The van der Waals surface area contributed by atoms with E-state index in [1.54, 1.807) is 24.7 Å². The van der Waals surface area contributed by atoms with Crippen LogP contribution in [0.15, 0.2) is 36.0 Å². The largest absolute Gasteiger partial charge is 0.338 e. The van der Waals surface area contributed by atoms with Gasteiger partial charge in [0.15, 0.2) is 5.16 Å². The van der Waals surface area contributed by atoms with Crippen LogP contribution in [0.1, 0.15) is 0 Å². The Morgan fingerprint density at radius 3 is 2.50 bits per heavy atom. The molecule has 22 heavy (non-hydrogen) atoms. The van der Waals surface area contributed by atoms with Gasteiger partial charge < -0.3 is 14.4 Å². The molecule has 1 saturated heterocycles. The molecule has 0 unspecified atom stereocenters. The molecule has 7 nitrogen and oxygen atoms in total. The van der Waals surface area contributed by atoms with Crippen LogP contribution in [0.25, 0.3) is 0 Å². The van der Waals surface area contributed by atoms with E-state index in [1.807, 2.05) is 22.7 Å². The normalized spacial score (nSPS) is 15.1. The lowest BCUT2D eigenvalue weighted by Crippen LogP contribution is -2.49. The molecule has 0 spiro atoms. The van der Waals surface area contributed by atoms with E-state index in [0.717, 1.165) is 24.2 Å². The number of aryl methyl sites for hydroxylation is 1. The fourth-order valence-electron chi connectivity index (χ4n) is 2.32. The van der Waals surface area contributed by atoms with Gasteiger partial charge in [0.25, 0.3) is 0 Å². The number of nitrogens with zero attached hydrogens (tertiary/aromatic N) is 6. The standard InChI is InChI=1S/C14H18N6OS/c1-18-6-5-17-14(18)22-11-12(21)19-7-9-20(10-8-19)13-15-3-2-4-16-13/h2-6H,7-11H2,1H3. The minimum absolute atomic E-state index is 0.154. The first-order chi connectivity index (χ1) is 10.7. The van der Waals surface area contributed by atoms with E-state index in [9.17, 15) is 4.79 Å². The van der Waals surface area contributed by atoms with Gasteiger partial charge in [0, 0.05) is 58.0 Å². The third kappa shape index (κ3) is 3.38. The lowest BCUT2D eigenvalue weighted by molar-refractivity contribution is -0.128. The van der Waals surface area contributed by atoms with Gasteiger partial charge in [0.1, 0.15) is 0 Å². The van der Waals surface area contributed by atoms with Crippen LogP contribution in [0.2, 0.25) is 0 Å². The number of thioether (sulfide) groups is 1. The van der Waals surface area contributed by atoms with Crippen LogP contribution >= 0.6 is 11.8 Å². The van der Waals surface area contributed by atoms with E-state index >= 15 is 0 Å². The molecule has 0 N–H and O–H groups in total. The molecule has 0 bridgehead atoms. The zero-order valence-corrected chi connectivity index (χ0v) is 13.2. The van der Waals surface area contributed by atoms with E-state index in [1.165, 1.54) is 11.8 Å². The number of hydrogen-bond donors (Lipinski definition) is 0. The van der Waals surface area contributed by atoms with E-state index < -0.39 is 0 Å². The second-order valence-electron chi connectivity index (χ2n) is 5.03. The number of carbonyl (C=O) groups is 1. The predicted molar refractivity (Wildman–Crippen MR) is 84.8 cm³/mol. The van der Waals surface area contributed by atoms with E-state index in [-0.39, 0.29) is 5.91 Å². The van der Waals surface area contributed by atoms with Crippen LogP contribution in [0.5, 0.6) is 0 Å². The quantitative estimate of drug-likeness (QED) is 0.771. The Balaban J connectivity index is 1.49. The summed E-state index contributed by atoms with van der Waals surface area (Å²) in [6.07, 6.45) is 7.10. The maximum absolute atomic E-state index is 12.3. The van der Waals surface area contributed by atoms with Crippen molar-refractivity contribution in [3.8, 4) is 0 Å². The third-order valence-corrected chi connectivity index (χ3v) is 4.61. The van der Waals surface area contributed by atoms with Crippen molar-refractivity contribution in [3.63, 3.8) is 0 Å². The molecule has 116 valence electrons. The lowest BCUT2D eigenvalue weighted by Gasteiger charge is -2.34. The fourth-order valence-corrected chi connectivity index (χ4v) is 3.15. The summed E-state index contributed by atoms with van der Waals surface area (Å²) >= 11 is 1.47. The van der Waals surface area contributed by atoms with E-state index in [4.69, 9.17) is 0 Å². The molecule has 8 heteroatoms. The van der Waals surface area contributed by atoms with E-state index in [0.29, 0.717) is 18.8 Å². The van der Waals surface area contributed by atoms with Crippen LogP contribution in [0.3, 0.4) is 0 Å². The maximum Gasteiger partial charge on any atom is 0.233 e. The highest BCUT2D eigenvalue weighted by Crippen LogP contribution is 2.16. The summed E-state index contributed by atoms with van der Waals surface area (Å²) in [6, 6.07) is 1.80. The molecule has 3 rings (SSSR count). The number of piperazine rings is 1. The second kappa shape index (κ2) is 6.78. The highest BCUT2D eigenvalue weighted by Gasteiger charge is 2.22. The van der Waals surface area contributed by atoms with Gasteiger partial charge >= 0.3 is 0 Å². The van der Waals surface area contributed by atoms with Crippen LogP contribution in [-0.2, 0) is 11.8 Å². The number of carbonyl (C=O) groups excluding carboxylic acids is 1. The van der Waals surface area contributed by atoms with Gasteiger partial charge in [-0.1, -0.05) is 11.8 Å². The molecule has 1 aliphatic heterocycles. The fraction of sp³-hybridized carbons (Fsp3) is 0.429. The van der Waals surface area contributed by atoms with Crippen LogP contribution < -0.4 is 4.90 Å². The summed E-state index contributed by atoms with van der Waals surface area (Å²) in [6.45, 7) is 2.95. The van der Waals surface area contributed by atoms with Gasteiger partial charge in [-0.25, -0.2) is 15.0 Å². The molecule has 3 heterocycles. The van der Waals surface area contributed by atoms with Crippen LogP contribution in [0.4, 0.5) is 5.95 Å². The first kappa shape index (κ1) is 14.8. The highest BCUT2D eigenvalue weighted by molar-refractivity contribution is 7.99. The topological polar surface area (TPSA) is 67.2 Å². The van der Waals surface area contributed by atoms with Gasteiger partial charge in [-0.05, 0) is 6.07 Å². The Morgan fingerprint density at radius 2 is 1.86 bits per heavy atom. The molecule has 1 aliphatic rings. The summed E-state index contributed by atoms with van der Waals surface area (Å²) in [4.78, 5) is 29.0. The summed E-state index contributed by atoms with van der Waals surface area (Å²) < 4.78 is 1.92. The minimum atomic E-state index is 0.154. The number of hydrogen-bond acceptors (Lipinski definition) is 6. The minimum Gasteiger partial charge on any atom is -0.338 e. The number of amides is 1. The Kier molecular flexibility index (Phi) is 4.57. The molecule has 1 fully saturated rings. The molecule has 2 aromatic heterocycles. The predicted octanol–water partition coefficient (Wildman–Crippen LogP) is 0.651. The van der Waals surface area contributed by atoms with Crippen molar-refractivity contribution < 1.29 is 4.79 Å². The van der Waals surface area contributed by atoms with Crippen molar-refractivity contribution in [2.24, 2.45) is 7.05 Å². The highest BCUT2D eigenvalue weighted by atomic mass is 32.2. The van der Waals surface area contributed by atoms with Crippen molar-refractivity contribution in [2.75, 3.05) is 36.8 Å². The lowest BCUT2D eigenvalue weighted by atomic mass is 10.3. The van der Waals surface area contributed by atoms with Gasteiger partial charge in [0.2, 0.25) is 11.9 Å². The summed E-state index contributed by atoms with van der Waals surface area (Å²) in [7, 11) is 1.93. The summed E-state index contributed by atoms with van der Waals surface area (Å²) in [5.74, 6) is 1.31. The molecule has 2 aromatic rings. The van der Waals surface area contributed by atoms with Crippen LogP contribution in [-0.4, -0.2) is 62.3 Å². The Hall–Kier alpha value is -2.09. The van der Waals surface area contributed by atoms with Gasteiger partial charge in [-0.3, -0.25) is 4.79 Å². The Labute approximate surface area is 133 Å². The van der Waals surface area contributed by atoms with Gasteiger partial charge in [-0.2, -0.15) is 0 Å². The van der Waals surface area contributed by atoms with Crippen molar-refractivity contribution in [1.29, 1.82) is 0 Å². The first-order valence-electron chi connectivity index (χ1n) is 7.14. The number of imidazole rings is 1. The van der Waals surface area contributed by atoms with Crippen molar-refractivity contribution in [1.82, 2.24) is 24.4 Å². The second-order valence-corrected chi connectivity index (χ2v) is 5.97. The Bertz CT molecular complexity index is 623. The SMILES string of the molecule is Cn1ccnc1SCC(=O)N1CCN(c2ncccn2)CC1. The average Bonchev–Trinajstić information content (AvgIpc) is 2.99. The number of anilines is 1. The molecular formula is C14H18N6OS.